The number of ether oxygens (including phenoxy) is 1. The number of benzene rings is 2. The molecule has 0 saturated carbocycles. The van der Waals surface area contributed by atoms with E-state index in [2.05, 4.69) is 10.0 Å². The molecular formula is C16H13ClFN3O. The van der Waals surface area contributed by atoms with Gasteiger partial charge in [-0.2, -0.15) is 0 Å². The zero-order valence-electron chi connectivity index (χ0n) is 11.7. The fraction of sp³-hybridized carbons (Fsp3) is 0.250. The molecule has 0 amide bonds. The van der Waals surface area contributed by atoms with E-state index in [4.69, 9.17) is 21.9 Å². The third-order valence-corrected chi connectivity index (χ3v) is 3.99. The van der Waals surface area contributed by atoms with Crippen LogP contribution in [0, 0.1) is 5.82 Å². The van der Waals surface area contributed by atoms with Gasteiger partial charge in [-0.05, 0) is 42.1 Å². The molecule has 1 aliphatic rings. The minimum atomic E-state index is -0.314. The lowest BCUT2D eigenvalue weighted by Gasteiger charge is -2.27. The highest BCUT2D eigenvalue weighted by Crippen LogP contribution is 2.41. The molecule has 4 nitrogen and oxygen atoms in total. The summed E-state index contributed by atoms with van der Waals surface area (Å²) in [6.45, 7) is 0.259. The number of halogens is 2. The maximum atomic E-state index is 13.9. The zero-order valence-corrected chi connectivity index (χ0v) is 12.4. The van der Waals surface area contributed by atoms with E-state index in [0.717, 1.165) is 11.1 Å². The van der Waals surface area contributed by atoms with Gasteiger partial charge in [-0.1, -0.05) is 34.9 Å². The van der Waals surface area contributed by atoms with E-state index in [0.29, 0.717) is 29.2 Å². The predicted octanol–water partition coefficient (Wildman–Crippen LogP) is 5.15. The Bertz CT molecular complexity index is 759. The Labute approximate surface area is 132 Å². The fourth-order valence-corrected chi connectivity index (χ4v) is 2.89. The van der Waals surface area contributed by atoms with Gasteiger partial charge >= 0.3 is 0 Å². The van der Waals surface area contributed by atoms with Crippen molar-refractivity contribution in [3.05, 3.63) is 63.2 Å². The Morgan fingerprint density at radius 2 is 2.14 bits per heavy atom. The summed E-state index contributed by atoms with van der Waals surface area (Å²) in [5.74, 6) is 0.310. The van der Waals surface area contributed by atoms with Gasteiger partial charge in [0.1, 0.15) is 17.7 Å². The van der Waals surface area contributed by atoms with Crippen molar-refractivity contribution in [1.29, 1.82) is 0 Å². The van der Waals surface area contributed by atoms with Gasteiger partial charge in [-0.3, -0.25) is 0 Å². The molecule has 0 aliphatic carbocycles. The largest absolute Gasteiger partial charge is 0.489 e. The van der Waals surface area contributed by atoms with E-state index in [1.165, 1.54) is 12.1 Å². The number of rotatable bonds is 3. The third-order valence-electron chi connectivity index (χ3n) is 3.66. The SMILES string of the molecule is [N-]=[N+]=NC[C@H]1CCc2cc(F)cc(-c3ccccc3Cl)c2O1. The highest BCUT2D eigenvalue weighted by Gasteiger charge is 2.24. The minimum absolute atomic E-state index is 0.199. The van der Waals surface area contributed by atoms with Crippen LogP contribution in [0.2, 0.25) is 5.02 Å². The third kappa shape index (κ3) is 2.86. The standard InChI is InChI=1S/C16H13ClFN3O/c17-15-4-2-1-3-13(15)14-8-11(18)7-10-5-6-12(9-20-21-19)22-16(10)14/h1-4,7-8,12H,5-6,9H2/t12-/m1/s1. The monoisotopic (exact) mass is 317 g/mol. The second-order valence-corrected chi connectivity index (χ2v) is 5.52. The number of aryl methyl sites for hydroxylation is 1. The summed E-state index contributed by atoms with van der Waals surface area (Å²) in [6.07, 6.45) is 1.17. The molecule has 112 valence electrons. The van der Waals surface area contributed by atoms with E-state index in [1.54, 1.807) is 6.07 Å². The Hall–Kier alpha value is -2.23. The molecule has 0 saturated heterocycles. The number of azide groups is 1. The van der Waals surface area contributed by atoms with Crippen LogP contribution in [0.4, 0.5) is 4.39 Å². The molecule has 6 heteroatoms. The van der Waals surface area contributed by atoms with Gasteiger partial charge in [-0.15, -0.1) is 0 Å². The molecule has 3 rings (SSSR count). The van der Waals surface area contributed by atoms with E-state index < -0.39 is 0 Å². The quantitative estimate of drug-likeness (QED) is 0.438. The van der Waals surface area contributed by atoms with Crippen molar-refractivity contribution in [3.8, 4) is 16.9 Å². The van der Waals surface area contributed by atoms with Crippen molar-refractivity contribution in [2.45, 2.75) is 18.9 Å². The Morgan fingerprint density at radius 1 is 1.32 bits per heavy atom. The van der Waals surface area contributed by atoms with Crippen LogP contribution in [0.3, 0.4) is 0 Å². The molecule has 1 atom stereocenters. The van der Waals surface area contributed by atoms with E-state index >= 15 is 0 Å². The van der Waals surface area contributed by atoms with Crippen molar-refractivity contribution in [2.24, 2.45) is 5.11 Å². The van der Waals surface area contributed by atoms with Crippen LogP contribution in [-0.2, 0) is 6.42 Å². The molecular weight excluding hydrogens is 305 g/mol. The van der Waals surface area contributed by atoms with Crippen molar-refractivity contribution in [2.75, 3.05) is 6.54 Å². The smallest absolute Gasteiger partial charge is 0.130 e. The molecule has 0 aromatic heterocycles. The molecule has 0 bridgehead atoms. The van der Waals surface area contributed by atoms with Crippen LogP contribution >= 0.6 is 11.6 Å². The number of nitrogens with zero attached hydrogens (tertiary/aromatic N) is 3. The first-order valence-electron chi connectivity index (χ1n) is 6.94. The van der Waals surface area contributed by atoms with Crippen LogP contribution < -0.4 is 4.74 Å². The lowest BCUT2D eigenvalue weighted by Crippen LogP contribution is -2.25. The summed E-state index contributed by atoms with van der Waals surface area (Å²) in [5.41, 5.74) is 10.6. The maximum absolute atomic E-state index is 13.9. The number of hydrogen-bond donors (Lipinski definition) is 0. The number of hydrogen-bond acceptors (Lipinski definition) is 2. The van der Waals surface area contributed by atoms with Crippen LogP contribution in [0.15, 0.2) is 41.5 Å². The zero-order chi connectivity index (χ0) is 15.5. The normalized spacial score (nSPS) is 16.4. The van der Waals surface area contributed by atoms with Crippen LogP contribution in [-0.4, -0.2) is 12.6 Å². The molecule has 1 aliphatic heterocycles. The van der Waals surface area contributed by atoms with Gasteiger partial charge in [-0.25, -0.2) is 4.39 Å². The highest BCUT2D eigenvalue weighted by atomic mass is 35.5. The molecule has 22 heavy (non-hydrogen) atoms. The molecule has 0 unspecified atom stereocenters. The van der Waals surface area contributed by atoms with Crippen LogP contribution in [0.1, 0.15) is 12.0 Å². The van der Waals surface area contributed by atoms with Gasteiger partial charge in [0.05, 0.1) is 6.54 Å². The van der Waals surface area contributed by atoms with Gasteiger partial charge in [0.25, 0.3) is 0 Å². The van der Waals surface area contributed by atoms with E-state index in [1.807, 2.05) is 18.2 Å². The Kier molecular flexibility index (Phi) is 4.18. The summed E-state index contributed by atoms with van der Waals surface area (Å²) < 4.78 is 19.8. The first kappa shape index (κ1) is 14.7. The van der Waals surface area contributed by atoms with Gasteiger partial charge in [0.15, 0.2) is 0 Å². The summed E-state index contributed by atoms with van der Waals surface area (Å²) in [7, 11) is 0. The maximum Gasteiger partial charge on any atom is 0.130 e. The first-order valence-corrected chi connectivity index (χ1v) is 7.31. The molecule has 0 spiro atoms. The minimum Gasteiger partial charge on any atom is -0.489 e. The fourth-order valence-electron chi connectivity index (χ4n) is 2.65. The summed E-state index contributed by atoms with van der Waals surface area (Å²) in [6, 6.07) is 10.2. The first-order chi connectivity index (χ1) is 10.7. The molecule has 0 fully saturated rings. The second kappa shape index (κ2) is 6.26. The molecule has 2 aromatic carbocycles. The summed E-state index contributed by atoms with van der Waals surface area (Å²) in [5, 5.41) is 4.10. The van der Waals surface area contributed by atoms with Gasteiger partial charge in [0.2, 0.25) is 0 Å². The Morgan fingerprint density at radius 3 is 2.91 bits per heavy atom. The lowest BCUT2D eigenvalue weighted by atomic mass is 9.95. The Balaban J connectivity index is 2.07. The topological polar surface area (TPSA) is 58.0 Å². The predicted molar refractivity (Wildman–Crippen MR) is 83.6 cm³/mol. The van der Waals surface area contributed by atoms with Crippen LogP contribution in [0.5, 0.6) is 5.75 Å². The van der Waals surface area contributed by atoms with Crippen molar-refractivity contribution < 1.29 is 9.13 Å². The molecule has 2 aromatic rings. The average molecular weight is 318 g/mol. The molecule has 0 N–H and O–H groups in total. The number of fused-ring (bicyclic) bond motifs is 1. The van der Waals surface area contributed by atoms with Gasteiger partial charge < -0.3 is 4.74 Å². The lowest BCUT2D eigenvalue weighted by molar-refractivity contribution is 0.182. The van der Waals surface area contributed by atoms with Crippen molar-refractivity contribution in [1.82, 2.24) is 0 Å². The second-order valence-electron chi connectivity index (χ2n) is 5.11. The van der Waals surface area contributed by atoms with Gasteiger partial charge in [0, 0.05) is 21.1 Å². The highest BCUT2D eigenvalue weighted by molar-refractivity contribution is 6.33. The van der Waals surface area contributed by atoms with E-state index in [-0.39, 0.29) is 18.5 Å². The van der Waals surface area contributed by atoms with E-state index in [9.17, 15) is 4.39 Å². The summed E-state index contributed by atoms with van der Waals surface area (Å²) in [4.78, 5) is 2.76. The van der Waals surface area contributed by atoms with Crippen LogP contribution in [0.25, 0.3) is 21.6 Å². The molecule has 0 radical (unpaired) electrons. The summed E-state index contributed by atoms with van der Waals surface area (Å²) >= 11 is 6.23. The van der Waals surface area contributed by atoms with Crippen molar-refractivity contribution in [3.63, 3.8) is 0 Å². The van der Waals surface area contributed by atoms with Crippen molar-refractivity contribution >= 4 is 11.6 Å². The molecule has 1 heterocycles. The average Bonchev–Trinajstić information content (AvgIpc) is 2.53.